The number of nitrogens with two attached hydrogens (primary N) is 1. The van der Waals surface area contributed by atoms with Gasteiger partial charge in [-0.25, -0.2) is 0 Å². The lowest BCUT2D eigenvalue weighted by Gasteiger charge is -2.40. The van der Waals surface area contributed by atoms with E-state index in [4.69, 9.17) is 10.5 Å². The van der Waals surface area contributed by atoms with Gasteiger partial charge in [-0.3, -0.25) is 4.79 Å². The zero-order chi connectivity index (χ0) is 11.6. The summed E-state index contributed by atoms with van der Waals surface area (Å²) in [4.78, 5) is 14.0. The molecule has 92 valence electrons. The maximum absolute atomic E-state index is 12.1. The second kappa shape index (κ2) is 4.72. The van der Waals surface area contributed by atoms with Crippen molar-refractivity contribution in [3.8, 4) is 0 Å². The number of amides is 1. The minimum absolute atomic E-state index is 0.197. The topological polar surface area (TPSA) is 55.6 Å². The van der Waals surface area contributed by atoms with Gasteiger partial charge >= 0.3 is 0 Å². The third-order valence-corrected chi connectivity index (χ3v) is 3.80. The lowest BCUT2D eigenvalue weighted by Crippen LogP contribution is -2.53. The number of nitrogens with zero attached hydrogens (tertiary/aromatic N) is 1. The van der Waals surface area contributed by atoms with Gasteiger partial charge in [-0.05, 0) is 25.7 Å². The molecular weight excluding hydrogens is 204 g/mol. The SMILES string of the molecule is CCC1CN(C(=O)CC2(N)CCC2)CCO1. The summed E-state index contributed by atoms with van der Waals surface area (Å²) in [6.07, 6.45) is 4.87. The first kappa shape index (κ1) is 11.9. The summed E-state index contributed by atoms with van der Waals surface area (Å²) in [5.74, 6) is 0.212. The second-order valence-corrected chi connectivity index (χ2v) is 5.13. The standard InChI is InChI=1S/C12H22N2O2/c1-2-10-9-14(6-7-16-10)11(15)8-12(13)4-3-5-12/h10H,2-9,13H2,1H3. The lowest BCUT2D eigenvalue weighted by atomic mass is 9.75. The molecule has 4 heteroatoms. The molecule has 2 N–H and O–H groups in total. The summed E-state index contributed by atoms with van der Waals surface area (Å²) in [7, 11) is 0. The van der Waals surface area contributed by atoms with E-state index in [1.807, 2.05) is 4.90 Å². The fourth-order valence-corrected chi connectivity index (χ4v) is 2.41. The van der Waals surface area contributed by atoms with Crippen LogP contribution in [-0.4, -0.2) is 42.1 Å². The summed E-state index contributed by atoms with van der Waals surface area (Å²) < 4.78 is 5.55. The van der Waals surface area contributed by atoms with Crippen LogP contribution in [-0.2, 0) is 9.53 Å². The van der Waals surface area contributed by atoms with Crippen LogP contribution in [0, 0.1) is 0 Å². The largest absolute Gasteiger partial charge is 0.375 e. The molecule has 1 saturated heterocycles. The van der Waals surface area contributed by atoms with Crippen molar-refractivity contribution in [1.29, 1.82) is 0 Å². The molecule has 0 aromatic heterocycles. The zero-order valence-electron chi connectivity index (χ0n) is 10.1. The first-order valence-corrected chi connectivity index (χ1v) is 6.31. The summed E-state index contributed by atoms with van der Waals surface area (Å²) in [5.41, 5.74) is 5.90. The molecule has 0 spiro atoms. The van der Waals surface area contributed by atoms with Crippen molar-refractivity contribution in [2.45, 2.75) is 50.7 Å². The van der Waals surface area contributed by atoms with Gasteiger partial charge in [-0.2, -0.15) is 0 Å². The van der Waals surface area contributed by atoms with Gasteiger partial charge < -0.3 is 15.4 Å². The third-order valence-electron chi connectivity index (χ3n) is 3.80. The number of rotatable bonds is 3. The highest BCUT2D eigenvalue weighted by molar-refractivity contribution is 5.77. The Kier molecular flexibility index (Phi) is 3.50. The number of morpholine rings is 1. The molecule has 0 aromatic rings. The van der Waals surface area contributed by atoms with E-state index in [-0.39, 0.29) is 17.6 Å². The number of hydrogen-bond donors (Lipinski definition) is 1. The van der Waals surface area contributed by atoms with E-state index in [0.29, 0.717) is 13.0 Å². The van der Waals surface area contributed by atoms with Gasteiger partial charge in [-0.1, -0.05) is 6.92 Å². The van der Waals surface area contributed by atoms with Crippen molar-refractivity contribution in [3.63, 3.8) is 0 Å². The first-order valence-electron chi connectivity index (χ1n) is 6.31. The van der Waals surface area contributed by atoms with Gasteiger partial charge in [0.1, 0.15) is 0 Å². The van der Waals surface area contributed by atoms with Gasteiger partial charge in [0.15, 0.2) is 0 Å². The van der Waals surface area contributed by atoms with E-state index in [9.17, 15) is 4.79 Å². The molecule has 0 bridgehead atoms. The van der Waals surface area contributed by atoms with Crippen LogP contribution in [0.4, 0.5) is 0 Å². The van der Waals surface area contributed by atoms with E-state index >= 15 is 0 Å². The summed E-state index contributed by atoms with van der Waals surface area (Å²) in [6, 6.07) is 0. The Balaban J connectivity index is 1.84. The van der Waals surface area contributed by atoms with Crippen molar-refractivity contribution in [1.82, 2.24) is 4.90 Å². The van der Waals surface area contributed by atoms with Crippen LogP contribution in [0.2, 0.25) is 0 Å². The summed E-state index contributed by atoms with van der Waals surface area (Å²) >= 11 is 0. The molecule has 1 saturated carbocycles. The Morgan fingerprint density at radius 2 is 2.31 bits per heavy atom. The highest BCUT2D eigenvalue weighted by atomic mass is 16.5. The molecule has 0 radical (unpaired) electrons. The monoisotopic (exact) mass is 226 g/mol. The molecule has 16 heavy (non-hydrogen) atoms. The Hall–Kier alpha value is -0.610. The minimum Gasteiger partial charge on any atom is -0.375 e. The fraction of sp³-hybridized carbons (Fsp3) is 0.917. The molecule has 1 aliphatic carbocycles. The third kappa shape index (κ3) is 2.55. The highest BCUT2D eigenvalue weighted by Gasteiger charge is 2.36. The predicted molar refractivity (Wildman–Crippen MR) is 62.0 cm³/mol. The molecule has 0 aromatic carbocycles. The molecule has 2 rings (SSSR count). The maximum atomic E-state index is 12.1. The van der Waals surface area contributed by atoms with Gasteiger partial charge in [0.2, 0.25) is 5.91 Å². The molecule has 2 aliphatic rings. The van der Waals surface area contributed by atoms with E-state index in [1.54, 1.807) is 0 Å². The molecule has 1 unspecified atom stereocenters. The normalized spacial score (nSPS) is 28.6. The molecule has 1 amide bonds. The Bertz CT molecular complexity index is 264. The van der Waals surface area contributed by atoms with Crippen LogP contribution in [0.5, 0.6) is 0 Å². The molecule has 2 fully saturated rings. The van der Waals surface area contributed by atoms with Crippen molar-refractivity contribution >= 4 is 5.91 Å². The van der Waals surface area contributed by atoms with Crippen LogP contribution in [0.1, 0.15) is 39.0 Å². The van der Waals surface area contributed by atoms with E-state index in [2.05, 4.69) is 6.92 Å². The second-order valence-electron chi connectivity index (χ2n) is 5.13. The van der Waals surface area contributed by atoms with E-state index < -0.39 is 0 Å². The molecule has 1 atom stereocenters. The quantitative estimate of drug-likeness (QED) is 0.777. The fourth-order valence-electron chi connectivity index (χ4n) is 2.41. The zero-order valence-corrected chi connectivity index (χ0v) is 10.1. The summed E-state index contributed by atoms with van der Waals surface area (Å²) in [5, 5.41) is 0. The van der Waals surface area contributed by atoms with Crippen LogP contribution in [0.25, 0.3) is 0 Å². The predicted octanol–water partition coefficient (Wildman–Crippen LogP) is 0.895. The number of carbonyl (C=O) groups is 1. The van der Waals surface area contributed by atoms with Crippen LogP contribution in [0.15, 0.2) is 0 Å². The van der Waals surface area contributed by atoms with Crippen LogP contribution >= 0.6 is 0 Å². The highest BCUT2D eigenvalue weighted by Crippen LogP contribution is 2.32. The summed E-state index contributed by atoms with van der Waals surface area (Å²) in [6.45, 7) is 4.23. The molecule has 4 nitrogen and oxygen atoms in total. The van der Waals surface area contributed by atoms with Gasteiger partial charge in [0.05, 0.1) is 12.7 Å². The average Bonchev–Trinajstić information content (AvgIpc) is 2.27. The number of carbonyl (C=O) groups excluding carboxylic acids is 1. The molecule has 1 heterocycles. The Labute approximate surface area is 97.1 Å². The average molecular weight is 226 g/mol. The first-order chi connectivity index (χ1) is 7.63. The maximum Gasteiger partial charge on any atom is 0.224 e. The van der Waals surface area contributed by atoms with Crippen molar-refractivity contribution in [2.24, 2.45) is 5.73 Å². The minimum atomic E-state index is -0.197. The van der Waals surface area contributed by atoms with Crippen LogP contribution in [0.3, 0.4) is 0 Å². The number of ether oxygens (including phenoxy) is 1. The molecular formula is C12H22N2O2. The van der Waals surface area contributed by atoms with Crippen LogP contribution < -0.4 is 5.73 Å². The van der Waals surface area contributed by atoms with Gasteiger partial charge in [0, 0.05) is 25.0 Å². The van der Waals surface area contributed by atoms with E-state index in [1.165, 1.54) is 6.42 Å². The van der Waals surface area contributed by atoms with Crippen molar-refractivity contribution in [2.75, 3.05) is 19.7 Å². The Morgan fingerprint density at radius 3 is 2.88 bits per heavy atom. The number of hydrogen-bond acceptors (Lipinski definition) is 3. The smallest absolute Gasteiger partial charge is 0.224 e. The lowest BCUT2D eigenvalue weighted by molar-refractivity contribution is -0.140. The van der Waals surface area contributed by atoms with Gasteiger partial charge in [0.25, 0.3) is 0 Å². The van der Waals surface area contributed by atoms with Gasteiger partial charge in [-0.15, -0.1) is 0 Å². The molecule has 1 aliphatic heterocycles. The van der Waals surface area contributed by atoms with E-state index in [0.717, 1.165) is 32.4 Å². The van der Waals surface area contributed by atoms with Crippen molar-refractivity contribution in [3.05, 3.63) is 0 Å². The Morgan fingerprint density at radius 1 is 1.56 bits per heavy atom. The van der Waals surface area contributed by atoms with Crippen molar-refractivity contribution < 1.29 is 9.53 Å².